The van der Waals surface area contributed by atoms with E-state index in [2.05, 4.69) is 59.9 Å². The fraction of sp³-hybridized carbons (Fsp3) is 0.346. The van der Waals surface area contributed by atoms with E-state index >= 15 is 0 Å². The van der Waals surface area contributed by atoms with Crippen molar-refractivity contribution in [3.8, 4) is 5.75 Å². The van der Waals surface area contributed by atoms with E-state index < -0.39 is 12.0 Å². The smallest absolute Gasteiger partial charge is 0.320 e. The van der Waals surface area contributed by atoms with Gasteiger partial charge in [-0.25, -0.2) is 0 Å². The lowest BCUT2D eigenvalue weighted by Gasteiger charge is -2.13. The molecular formula is C26H31NO3. The highest BCUT2D eigenvalue weighted by molar-refractivity contribution is 5.84. The zero-order chi connectivity index (χ0) is 21.2. The predicted octanol–water partition coefficient (Wildman–Crippen LogP) is 5.58. The molecule has 0 bridgehead atoms. The quantitative estimate of drug-likeness (QED) is 0.386. The highest BCUT2D eigenvalue weighted by Crippen LogP contribution is 2.22. The van der Waals surface area contributed by atoms with Crippen LogP contribution in [0.25, 0.3) is 10.8 Å². The van der Waals surface area contributed by atoms with Gasteiger partial charge in [0, 0.05) is 6.54 Å². The summed E-state index contributed by atoms with van der Waals surface area (Å²) in [6, 6.07) is 22.5. The van der Waals surface area contributed by atoms with E-state index in [9.17, 15) is 4.79 Å². The summed E-state index contributed by atoms with van der Waals surface area (Å²) in [7, 11) is 0. The van der Waals surface area contributed by atoms with Crippen molar-refractivity contribution in [2.45, 2.75) is 51.6 Å². The average Bonchev–Trinajstić information content (AvgIpc) is 2.77. The van der Waals surface area contributed by atoms with E-state index in [-0.39, 0.29) is 0 Å². The van der Waals surface area contributed by atoms with Crippen LogP contribution in [0, 0.1) is 0 Å². The zero-order valence-electron chi connectivity index (χ0n) is 17.6. The molecule has 0 radical (unpaired) electrons. The Morgan fingerprint density at radius 1 is 0.933 bits per heavy atom. The second-order valence-corrected chi connectivity index (χ2v) is 7.67. The van der Waals surface area contributed by atoms with E-state index in [1.165, 1.54) is 12.0 Å². The van der Waals surface area contributed by atoms with Crippen LogP contribution in [0.2, 0.25) is 0 Å². The van der Waals surface area contributed by atoms with Gasteiger partial charge in [-0.05, 0) is 72.2 Å². The van der Waals surface area contributed by atoms with Crippen molar-refractivity contribution in [2.24, 2.45) is 0 Å². The third kappa shape index (κ3) is 6.60. The number of carboxylic acids is 1. The third-order valence-corrected chi connectivity index (χ3v) is 5.36. The zero-order valence-corrected chi connectivity index (χ0v) is 17.6. The molecule has 0 spiro atoms. The first-order chi connectivity index (χ1) is 14.7. The van der Waals surface area contributed by atoms with Gasteiger partial charge in [-0.2, -0.15) is 0 Å². The highest BCUT2D eigenvalue weighted by Gasteiger charge is 2.13. The molecule has 3 aromatic carbocycles. The van der Waals surface area contributed by atoms with E-state index in [1.807, 2.05) is 19.1 Å². The van der Waals surface area contributed by atoms with Crippen LogP contribution in [0.1, 0.15) is 43.7 Å². The lowest BCUT2D eigenvalue weighted by molar-refractivity contribution is -0.139. The summed E-state index contributed by atoms with van der Waals surface area (Å²) in [4.78, 5) is 11.1. The van der Waals surface area contributed by atoms with Crippen LogP contribution in [0.5, 0.6) is 5.75 Å². The van der Waals surface area contributed by atoms with Crippen LogP contribution >= 0.6 is 0 Å². The molecule has 3 aromatic rings. The molecule has 2 N–H and O–H groups in total. The monoisotopic (exact) mass is 405 g/mol. The molecule has 0 saturated carbocycles. The number of ether oxygens (including phenoxy) is 1. The molecule has 0 amide bonds. The molecule has 0 heterocycles. The number of rotatable bonds is 12. The van der Waals surface area contributed by atoms with Crippen molar-refractivity contribution in [1.82, 2.24) is 5.32 Å². The second kappa shape index (κ2) is 11.4. The minimum Gasteiger partial charge on any atom is -0.494 e. The minimum absolute atomic E-state index is 0.510. The van der Waals surface area contributed by atoms with Crippen molar-refractivity contribution in [2.75, 3.05) is 6.61 Å². The first kappa shape index (κ1) is 21.8. The summed E-state index contributed by atoms with van der Waals surface area (Å²) < 4.78 is 5.94. The van der Waals surface area contributed by atoms with Gasteiger partial charge in [0.25, 0.3) is 0 Å². The predicted molar refractivity (Wildman–Crippen MR) is 122 cm³/mol. The first-order valence-corrected chi connectivity index (χ1v) is 10.8. The third-order valence-electron chi connectivity index (χ3n) is 5.36. The Morgan fingerprint density at radius 2 is 1.70 bits per heavy atom. The van der Waals surface area contributed by atoms with Crippen LogP contribution in [0.4, 0.5) is 0 Å². The van der Waals surface area contributed by atoms with Crippen molar-refractivity contribution >= 4 is 16.7 Å². The molecule has 0 aliphatic rings. The number of aryl methyl sites for hydroxylation is 1. The summed E-state index contributed by atoms with van der Waals surface area (Å²) in [5.41, 5.74) is 2.48. The Balaban J connectivity index is 1.44. The molecule has 1 atom stereocenters. The van der Waals surface area contributed by atoms with Gasteiger partial charge < -0.3 is 15.2 Å². The number of carbonyl (C=O) groups is 1. The van der Waals surface area contributed by atoms with Gasteiger partial charge in [-0.15, -0.1) is 0 Å². The Bertz CT molecular complexity index is 939. The molecule has 0 saturated heterocycles. The summed E-state index contributed by atoms with van der Waals surface area (Å²) in [6.07, 6.45) is 5.09. The number of nitrogens with one attached hydrogen (secondary N) is 1. The molecule has 4 nitrogen and oxygen atoms in total. The number of unbranched alkanes of at least 4 members (excludes halogenated alkanes) is 2. The Labute approximate surface area is 178 Å². The molecule has 0 fully saturated rings. The van der Waals surface area contributed by atoms with E-state index in [0.29, 0.717) is 13.0 Å². The van der Waals surface area contributed by atoms with Gasteiger partial charge in [0.2, 0.25) is 0 Å². The topological polar surface area (TPSA) is 58.6 Å². The van der Waals surface area contributed by atoms with E-state index in [0.717, 1.165) is 48.0 Å². The van der Waals surface area contributed by atoms with E-state index in [1.54, 1.807) is 0 Å². The molecule has 0 aliphatic heterocycles. The van der Waals surface area contributed by atoms with Crippen LogP contribution in [0.3, 0.4) is 0 Å². The molecular weight excluding hydrogens is 374 g/mol. The van der Waals surface area contributed by atoms with Gasteiger partial charge in [0.1, 0.15) is 11.8 Å². The molecule has 30 heavy (non-hydrogen) atoms. The number of benzene rings is 3. The number of hydrogen-bond donors (Lipinski definition) is 2. The van der Waals surface area contributed by atoms with E-state index in [4.69, 9.17) is 9.84 Å². The molecule has 0 aliphatic carbocycles. The number of hydrogen-bond acceptors (Lipinski definition) is 3. The standard InChI is InChI=1S/C26H31NO3/c1-2-25(26(28)29)27-19-21-12-13-23-18-24(15-14-22(23)17-21)30-16-8-4-7-11-20-9-5-3-6-10-20/h3,5-6,9-10,12-15,17-18,25,27H,2,4,7-8,11,16,19H2,1H3,(H,28,29). The van der Waals surface area contributed by atoms with Crippen molar-refractivity contribution in [1.29, 1.82) is 0 Å². The van der Waals surface area contributed by atoms with Crippen molar-refractivity contribution in [3.63, 3.8) is 0 Å². The number of aliphatic carboxylic acids is 1. The number of fused-ring (bicyclic) bond motifs is 1. The highest BCUT2D eigenvalue weighted by atomic mass is 16.5. The second-order valence-electron chi connectivity index (χ2n) is 7.67. The minimum atomic E-state index is -0.805. The van der Waals surface area contributed by atoms with Gasteiger partial charge >= 0.3 is 5.97 Å². The Morgan fingerprint density at radius 3 is 2.47 bits per heavy atom. The number of carboxylic acid groups (broad SMARTS) is 1. The van der Waals surface area contributed by atoms with Crippen LogP contribution < -0.4 is 10.1 Å². The molecule has 158 valence electrons. The lowest BCUT2D eigenvalue weighted by Crippen LogP contribution is -2.35. The average molecular weight is 406 g/mol. The van der Waals surface area contributed by atoms with Gasteiger partial charge in [0.15, 0.2) is 0 Å². The van der Waals surface area contributed by atoms with Crippen molar-refractivity contribution < 1.29 is 14.6 Å². The Hall–Kier alpha value is -2.85. The molecule has 1 unspecified atom stereocenters. The maximum absolute atomic E-state index is 11.1. The normalized spacial score (nSPS) is 12.0. The largest absolute Gasteiger partial charge is 0.494 e. The van der Waals surface area contributed by atoms with Crippen LogP contribution in [-0.4, -0.2) is 23.7 Å². The fourth-order valence-electron chi connectivity index (χ4n) is 3.56. The SMILES string of the molecule is CCC(NCc1ccc2cc(OCCCCCc3ccccc3)ccc2c1)C(=O)O. The van der Waals surface area contributed by atoms with Crippen molar-refractivity contribution in [3.05, 3.63) is 77.9 Å². The maximum Gasteiger partial charge on any atom is 0.320 e. The van der Waals surface area contributed by atoms with Crippen LogP contribution in [0.15, 0.2) is 66.7 Å². The molecule has 3 rings (SSSR count). The van der Waals surface area contributed by atoms with Gasteiger partial charge in [-0.1, -0.05) is 55.5 Å². The lowest BCUT2D eigenvalue weighted by atomic mass is 10.1. The maximum atomic E-state index is 11.1. The summed E-state index contributed by atoms with van der Waals surface area (Å²) in [6.45, 7) is 3.15. The summed E-state index contributed by atoms with van der Waals surface area (Å²) in [5.74, 6) is 0.0912. The molecule has 0 aromatic heterocycles. The van der Waals surface area contributed by atoms with Crippen LogP contribution in [-0.2, 0) is 17.8 Å². The summed E-state index contributed by atoms with van der Waals surface area (Å²) >= 11 is 0. The summed E-state index contributed by atoms with van der Waals surface area (Å²) in [5, 5.41) is 14.5. The fourth-order valence-corrected chi connectivity index (χ4v) is 3.56. The van der Waals surface area contributed by atoms with Gasteiger partial charge in [-0.3, -0.25) is 4.79 Å². The Kier molecular flexibility index (Phi) is 8.28. The van der Waals surface area contributed by atoms with Gasteiger partial charge in [0.05, 0.1) is 6.61 Å². The molecule has 4 heteroatoms. The first-order valence-electron chi connectivity index (χ1n) is 10.8.